The van der Waals surface area contributed by atoms with E-state index in [1.165, 1.54) is 30.6 Å². The molecule has 0 radical (unpaired) electrons. The maximum absolute atomic E-state index is 13.1. The lowest BCUT2D eigenvalue weighted by molar-refractivity contribution is -0.129. The highest BCUT2D eigenvalue weighted by atomic mass is 32.2. The molecule has 5 N–H and O–H groups in total. The molecule has 46 heavy (non-hydrogen) atoms. The Kier molecular flexibility index (Phi) is 20.8. The highest BCUT2D eigenvalue weighted by Gasteiger charge is 2.50. The molecular formula is C36H60N4O5S. The van der Waals surface area contributed by atoms with Crippen molar-refractivity contribution in [2.75, 3.05) is 32.2 Å². The smallest absolute Gasteiger partial charge is 0.324 e. The van der Waals surface area contributed by atoms with Gasteiger partial charge >= 0.3 is 6.03 Å². The van der Waals surface area contributed by atoms with E-state index in [0.717, 1.165) is 44.3 Å². The number of carbonyl (C=O) groups excluding carboxylic acids is 3. The first-order valence-electron chi connectivity index (χ1n) is 17.4. The topological polar surface area (TPSA) is 137 Å². The minimum absolute atomic E-state index is 0.0174. The van der Waals surface area contributed by atoms with Crippen LogP contribution in [0.5, 0.6) is 0 Å². The summed E-state index contributed by atoms with van der Waals surface area (Å²) in [5.74, 6) is 0.452. The molecule has 2 fully saturated rings. The largest absolute Gasteiger partial charge is 0.379 e. The second-order valence-electron chi connectivity index (χ2n) is 12.1. The average molecular weight is 661 g/mol. The van der Waals surface area contributed by atoms with Crippen LogP contribution in [-0.2, 0) is 19.1 Å². The van der Waals surface area contributed by atoms with Crippen molar-refractivity contribution in [1.82, 2.24) is 10.2 Å². The number of nitrogens with zero attached hydrogens (tertiary/aromatic N) is 1. The van der Waals surface area contributed by atoms with E-state index in [4.69, 9.17) is 20.9 Å². The number of nitrogens with one attached hydrogen (secondary N) is 1. The predicted octanol–water partition coefficient (Wildman–Crippen LogP) is 6.33. The zero-order valence-electron chi connectivity index (χ0n) is 28.3. The number of fused-ring (bicyclic) bond motifs is 1. The number of urea groups is 1. The molecule has 0 aromatic rings. The number of hydrogen-bond acceptors (Lipinski definition) is 8. The van der Waals surface area contributed by atoms with E-state index in [1.54, 1.807) is 11.8 Å². The van der Waals surface area contributed by atoms with Gasteiger partial charge in [0.15, 0.2) is 5.78 Å². The van der Waals surface area contributed by atoms with Gasteiger partial charge in [-0.05, 0) is 64.7 Å². The number of ketones is 1. The summed E-state index contributed by atoms with van der Waals surface area (Å²) in [6.45, 7) is 5.45. The van der Waals surface area contributed by atoms with Crippen LogP contribution < -0.4 is 16.8 Å². The highest BCUT2D eigenvalue weighted by molar-refractivity contribution is 8.00. The second-order valence-corrected chi connectivity index (χ2v) is 13.4. The Morgan fingerprint density at radius 2 is 1.50 bits per heavy atom. The molecule has 3 atom stereocenters. The molecule has 0 aromatic carbocycles. The number of nitrogens with two attached hydrogens (primary N) is 2. The van der Waals surface area contributed by atoms with Crippen molar-refractivity contribution >= 4 is 29.5 Å². The molecule has 3 amide bonds. The predicted molar refractivity (Wildman–Crippen MR) is 189 cm³/mol. The van der Waals surface area contributed by atoms with Gasteiger partial charge in [-0.3, -0.25) is 14.5 Å². The van der Waals surface area contributed by atoms with Crippen molar-refractivity contribution in [3.63, 3.8) is 0 Å². The summed E-state index contributed by atoms with van der Waals surface area (Å²) in [4.78, 5) is 39.8. The molecule has 0 saturated carbocycles. The molecule has 2 aliphatic rings. The zero-order valence-corrected chi connectivity index (χ0v) is 29.2. The molecule has 2 aliphatic heterocycles. The normalized spacial score (nSPS) is 20.2. The van der Waals surface area contributed by atoms with E-state index in [0.29, 0.717) is 39.1 Å². The number of hydrogen-bond donors (Lipinski definition) is 3. The number of imide groups is 1. The number of allylic oxidation sites excluding steroid dienone is 8. The van der Waals surface area contributed by atoms with Crippen molar-refractivity contribution in [1.29, 1.82) is 0 Å². The maximum atomic E-state index is 13.1. The number of Topliss-reactive ketones (excluding diaryl/α,β-unsaturated/α-hetero) is 1. The van der Waals surface area contributed by atoms with E-state index < -0.39 is 5.66 Å². The van der Waals surface area contributed by atoms with Gasteiger partial charge in [0.05, 0.1) is 31.9 Å². The van der Waals surface area contributed by atoms with Gasteiger partial charge < -0.3 is 26.3 Å². The van der Waals surface area contributed by atoms with Gasteiger partial charge in [-0.15, -0.1) is 0 Å². The molecule has 0 bridgehead atoms. The standard InChI is InChI=1S/C36H60N4O5S/c1-3-5-6-7-8-9-10-11-12-13-14-15-16-17-18-19-20-25-33(42)40-34-30(39-35(40)43)28-46-31(34)23-21-22-24-32(41)36(37,38)29-45-27-26-44-4-2/h8-9,11-12,14-15,17-18,30-31,34H,3-7,10,13,16,19-29,37-38H2,1-2H3,(H,39,43)/b9-8-,12-11-,15-14-,18-17-/t30-,31-,34-/m0/s1. The fourth-order valence-corrected chi connectivity index (χ4v) is 7.13. The Morgan fingerprint density at radius 3 is 2.15 bits per heavy atom. The maximum Gasteiger partial charge on any atom is 0.324 e. The van der Waals surface area contributed by atoms with Gasteiger partial charge in [0.1, 0.15) is 5.66 Å². The Hall–Kier alpha value is -2.24. The molecule has 0 unspecified atom stereocenters. The number of ether oxygens (including phenoxy) is 2. The Morgan fingerprint density at radius 1 is 0.870 bits per heavy atom. The van der Waals surface area contributed by atoms with Crippen LogP contribution in [0.1, 0.15) is 104 Å². The minimum atomic E-state index is -1.52. The lowest BCUT2D eigenvalue weighted by Gasteiger charge is -2.26. The molecule has 2 rings (SSSR count). The molecule has 9 nitrogen and oxygen atoms in total. The van der Waals surface area contributed by atoms with Gasteiger partial charge in [-0.1, -0.05) is 74.8 Å². The summed E-state index contributed by atoms with van der Waals surface area (Å²) < 4.78 is 10.6. The average Bonchev–Trinajstić information content (AvgIpc) is 3.57. The lowest BCUT2D eigenvalue weighted by atomic mass is 9.98. The molecule has 0 aromatic heterocycles. The zero-order chi connectivity index (χ0) is 33.5. The third-order valence-corrected chi connectivity index (χ3v) is 9.67. The van der Waals surface area contributed by atoms with E-state index in [9.17, 15) is 14.4 Å². The third kappa shape index (κ3) is 15.6. The number of amides is 3. The SMILES string of the molecule is CCCCC/C=C\C/C=C\C/C=C\C/C=C\CCCC(=O)N1C(=O)N[C@H]2CS[C@@H](CCCCC(=O)C(N)(N)COCCOCC)[C@H]21. The Balaban J connectivity index is 1.62. The van der Waals surface area contributed by atoms with Crippen molar-refractivity contribution < 1.29 is 23.9 Å². The summed E-state index contributed by atoms with van der Waals surface area (Å²) in [5, 5.41) is 3.15. The number of unbranched alkanes of at least 4 members (excludes halogenated alkanes) is 5. The van der Waals surface area contributed by atoms with E-state index in [-0.39, 0.29) is 48.1 Å². The van der Waals surface area contributed by atoms with E-state index >= 15 is 0 Å². The van der Waals surface area contributed by atoms with Crippen LogP contribution in [0.25, 0.3) is 0 Å². The second kappa shape index (κ2) is 24.0. The molecule has 0 spiro atoms. The van der Waals surface area contributed by atoms with Crippen molar-refractivity contribution in [3.05, 3.63) is 48.6 Å². The van der Waals surface area contributed by atoms with Crippen LogP contribution >= 0.6 is 11.8 Å². The van der Waals surface area contributed by atoms with Crippen molar-refractivity contribution in [3.8, 4) is 0 Å². The summed E-state index contributed by atoms with van der Waals surface area (Å²) >= 11 is 1.79. The number of thioether (sulfide) groups is 1. The Labute approximate surface area is 282 Å². The fourth-order valence-electron chi connectivity index (χ4n) is 5.55. The van der Waals surface area contributed by atoms with Crippen LogP contribution in [0.3, 0.4) is 0 Å². The Bertz CT molecular complexity index is 1010. The third-order valence-electron chi connectivity index (χ3n) is 8.18. The summed E-state index contributed by atoms with van der Waals surface area (Å²) in [5.41, 5.74) is 10.5. The van der Waals surface area contributed by atoms with Gasteiger partial charge in [0.2, 0.25) is 5.91 Å². The van der Waals surface area contributed by atoms with Gasteiger partial charge in [0.25, 0.3) is 0 Å². The highest BCUT2D eigenvalue weighted by Crippen LogP contribution is 2.38. The molecule has 2 heterocycles. The first-order valence-corrected chi connectivity index (χ1v) is 18.5. The minimum Gasteiger partial charge on any atom is -0.379 e. The van der Waals surface area contributed by atoms with Crippen LogP contribution in [-0.4, -0.2) is 77.8 Å². The first kappa shape index (κ1) is 39.9. The van der Waals surface area contributed by atoms with Gasteiger partial charge in [-0.25, -0.2) is 4.79 Å². The molecule has 2 saturated heterocycles. The number of rotatable bonds is 26. The van der Waals surface area contributed by atoms with Crippen molar-refractivity contribution in [2.45, 2.75) is 127 Å². The molecule has 0 aliphatic carbocycles. The van der Waals surface area contributed by atoms with E-state index in [2.05, 4.69) is 60.8 Å². The molecule has 260 valence electrons. The molecule has 10 heteroatoms. The fraction of sp³-hybridized carbons (Fsp3) is 0.694. The van der Waals surface area contributed by atoms with Gasteiger partial charge in [-0.2, -0.15) is 11.8 Å². The van der Waals surface area contributed by atoms with Crippen LogP contribution in [0.15, 0.2) is 48.6 Å². The summed E-state index contributed by atoms with van der Waals surface area (Å²) in [7, 11) is 0. The lowest BCUT2D eigenvalue weighted by Crippen LogP contribution is -2.60. The summed E-state index contributed by atoms with van der Waals surface area (Å²) in [6, 6.07) is -0.436. The molecular weight excluding hydrogens is 600 g/mol. The van der Waals surface area contributed by atoms with Crippen molar-refractivity contribution in [2.24, 2.45) is 11.5 Å². The van der Waals surface area contributed by atoms with E-state index in [1.807, 2.05) is 6.92 Å². The number of carbonyl (C=O) groups is 3. The quantitative estimate of drug-likeness (QED) is 0.0424. The summed E-state index contributed by atoms with van der Waals surface area (Å²) in [6.07, 6.45) is 29.8. The van der Waals surface area contributed by atoms with Crippen LogP contribution in [0.4, 0.5) is 4.79 Å². The van der Waals surface area contributed by atoms with Gasteiger partial charge in [0, 0.05) is 30.5 Å². The monoisotopic (exact) mass is 660 g/mol. The van der Waals surface area contributed by atoms with Crippen LogP contribution in [0, 0.1) is 0 Å². The first-order chi connectivity index (χ1) is 22.3. The van der Waals surface area contributed by atoms with Crippen LogP contribution in [0.2, 0.25) is 0 Å².